The number of aliphatic carboxylic acids is 2. The van der Waals surface area contributed by atoms with Crippen LogP contribution >= 0.6 is 11.6 Å². The van der Waals surface area contributed by atoms with Crippen LogP contribution in [0.5, 0.6) is 0 Å². The summed E-state index contributed by atoms with van der Waals surface area (Å²) in [6.07, 6.45) is 2.22. The molecule has 0 aromatic carbocycles. The lowest BCUT2D eigenvalue weighted by atomic mass is 10.1. The number of carboxylic acids is 2. The minimum absolute atomic E-state index is 0.558. The maximum atomic E-state index is 9.55. The number of anilines is 1. The Morgan fingerprint density at radius 2 is 2.00 bits per heavy atom. The van der Waals surface area contributed by atoms with Crippen LogP contribution in [0.2, 0.25) is 5.15 Å². The average molecular weight is 326 g/mol. The van der Waals surface area contributed by atoms with Crippen molar-refractivity contribution in [1.82, 2.24) is 10.3 Å². The Morgan fingerprint density at radius 3 is 2.64 bits per heavy atom. The molecule has 8 heteroatoms. The van der Waals surface area contributed by atoms with Crippen molar-refractivity contribution in [1.29, 1.82) is 0 Å². The molecule has 0 spiro atoms. The minimum Gasteiger partial charge on any atom is -0.478 e. The van der Waals surface area contributed by atoms with Gasteiger partial charge in [-0.25, -0.2) is 14.6 Å². The average Bonchev–Trinajstić information content (AvgIpc) is 2.84. The molecular formula is C14H16ClN3O4. The Balaban J connectivity index is 0.000000192. The first-order valence-electron chi connectivity index (χ1n) is 6.74. The third-order valence-electron chi connectivity index (χ3n) is 3.37. The predicted octanol–water partition coefficient (Wildman–Crippen LogP) is 0.781. The van der Waals surface area contributed by atoms with E-state index in [2.05, 4.69) is 21.3 Å². The molecule has 1 unspecified atom stereocenters. The molecule has 0 aliphatic carbocycles. The number of carbonyl (C=O) groups is 2. The lowest BCUT2D eigenvalue weighted by Gasteiger charge is -2.31. The lowest BCUT2D eigenvalue weighted by molar-refractivity contribution is -0.134. The van der Waals surface area contributed by atoms with Gasteiger partial charge in [0.15, 0.2) is 0 Å². The summed E-state index contributed by atoms with van der Waals surface area (Å²) < 4.78 is 0. The molecule has 2 aliphatic rings. The van der Waals surface area contributed by atoms with Crippen molar-refractivity contribution < 1.29 is 19.8 Å². The summed E-state index contributed by atoms with van der Waals surface area (Å²) in [6.45, 7) is 3.16. The molecule has 1 atom stereocenters. The first kappa shape index (κ1) is 16.3. The highest BCUT2D eigenvalue weighted by atomic mass is 35.5. The van der Waals surface area contributed by atoms with E-state index in [9.17, 15) is 9.59 Å². The smallest absolute Gasteiger partial charge is 0.328 e. The summed E-state index contributed by atoms with van der Waals surface area (Å²) in [4.78, 5) is 25.9. The normalized spacial score (nSPS) is 19.1. The van der Waals surface area contributed by atoms with E-state index in [0.717, 1.165) is 31.9 Å². The largest absolute Gasteiger partial charge is 0.478 e. The topological polar surface area (TPSA) is 103 Å². The van der Waals surface area contributed by atoms with E-state index in [1.807, 2.05) is 6.07 Å². The maximum Gasteiger partial charge on any atom is 0.328 e. The lowest BCUT2D eigenvalue weighted by Crippen LogP contribution is -2.49. The van der Waals surface area contributed by atoms with Gasteiger partial charge in [0.2, 0.25) is 0 Å². The van der Waals surface area contributed by atoms with E-state index in [4.69, 9.17) is 21.8 Å². The van der Waals surface area contributed by atoms with Crippen LogP contribution < -0.4 is 10.2 Å². The monoisotopic (exact) mass is 325 g/mol. The van der Waals surface area contributed by atoms with Gasteiger partial charge in [0.1, 0.15) is 11.0 Å². The highest BCUT2D eigenvalue weighted by molar-refractivity contribution is 6.29. The van der Waals surface area contributed by atoms with Crippen LogP contribution in [0.4, 0.5) is 5.82 Å². The van der Waals surface area contributed by atoms with Crippen LogP contribution in [0.3, 0.4) is 0 Å². The zero-order valence-corrected chi connectivity index (χ0v) is 12.5. The van der Waals surface area contributed by atoms with Crippen molar-refractivity contribution >= 4 is 29.4 Å². The first-order chi connectivity index (χ1) is 10.5. The summed E-state index contributed by atoms with van der Waals surface area (Å²) in [5.74, 6) is -1.41. The van der Waals surface area contributed by atoms with Crippen LogP contribution in [0.1, 0.15) is 5.56 Å². The number of halogens is 1. The third kappa shape index (κ3) is 4.19. The predicted molar refractivity (Wildman–Crippen MR) is 81.4 cm³/mol. The third-order valence-corrected chi connectivity index (χ3v) is 3.58. The molecule has 3 heterocycles. The maximum absolute atomic E-state index is 9.55. The van der Waals surface area contributed by atoms with E-state index in [1.54, 1.807) is 0 Å². The molecule has 0 amide bonds. The molecule has 1 saturated heterocycles. The second kappa shape index (κ2) is 7.24. The number of carboxylic acid groups (broad SMARTS) is 2. The van der Waals surface area contributed by atoms with Crippen LogP contribution in [0.15, 0.2) is 24.3 Å². The van der Waals surface area contributed by atoms with Gasteiger partial charge in [-0.3, -0.25) is 0 Å². The molecule has 1 aromatic heterocycles. The Kier molecular flexibility index (Phi) is 5.35. The number of pyridine rings is 1. The van der Waals surface area contributed by atoms with Crippen LogP contribution in [0.25, 0.3) is 0 Å². The van der Waals surface area contributed by atoms with Gasteiger partial charge in [-0.15, -0.1) is 0 Å². The molecule has 0 saturated carbocycles. The molecule has 1 fully saturated rings. The van der Waals surface area contributed by atoms with Crippen LogP contribution in [0, 0.1) is 0 Å². The van der Waals surface area contributed by atoms with E-state index in [0.29, 0.717) is 23.3 Å². The van der Waals surface area contributed by atoms with Crippen molar-refractivity contribution in [2.24, 2.45) is 0 Å². The van der Waals surface area contributed by atoms with Crippen molar-refractivity contribution in [3.05, 3.63) is 35.0 Å². The fourth-order valence-corrected chi connectivity index (χ4v) is 2.62. The van der Waals surface area contributed by atoms with Gasteiger partial charge in [-0.2, -0.15) is 0 Å². The molecule has 3 N–H and O–H groups in total. The zero-order valence-electron chi connectivity index (χ0n) is 11.7. The Labute approximate surface area is 132 Å². The first-order valence-corrected chi connectivity index (χ1v) is 7.12. The standard InChI is InChI=1S/C10H12ClN3.C4H4O4/c11-9-2-1-7-5-8-6-12-3-4-14(8)10(7)13-9;5-3(6)1-2-4(7)8/h1-2,8,12H,3-6H2;1-2H,(H,5,6)(H,7,8). The number of rotatable bonds is 2. The number of hydrogen-bond acceptors (Lipinski definition) is 5. The summed E-state index contributed by atoms with van der Waals surface area (Å²) in [6, 6.07) is 4.57. The SMILES string of the molecule is Clc1ccc2c(n1)N1CCNCC1C2.O=C(O)C=CC(=O)O. The van der Waals surface area contributed by atoms with Crippen molar-refractivity contribution in [2.45, 2.75) is 12.5 Å². The van der Waals surface area contributed by atoms with Gasteiger partial charge >= 0.3 is 11.9 Å². The zero-order chi connectivity index (χ0) is 16.1. The summed E-state index contributed by atoms with van der Waals surface area (Å²) in [7, 11) is 0. The van der Waals surface area contributed by atoms with Crippen molar-refractivity contribution in [3.8, 4) is 0 Å². The van der Waals surface area contributed by atoms with E-state index >= 15 is 0 Å². The van der Waals surface area contributed by atoms with Crippen LogP contribution in [-0.4, -0.2) is 52.8 Å². The molecular weight excluding hydrogens is 310 g/mol. The number of nitrogens with zero attached hydrogens (tertiary/aromatic N) is 2. The highest BCUT2D eigenvalue weighted by Gasteiger charge is 2.32. The molecule has 7 nitrogen and oxygen atoms in total. The summed E-state index contributed by atoms with van der Waals surface area (Å²) in [5, 5.41) is 19.6. The molecule has 2 aliphatic heterocycles. The minimum atomic E-state index is -1.26. The van der Waals surface area contributed by atoms with E-state index < -0.39 is 11.9 Å². The molecule has 3 rings (SSSR count). The van der Waals surface area contributed by atoms with Gasteiger partial charge in [0, 0.05) is 37.8 Å². The molecule has 22 heavy (non-hydrogen) atoms. The summed E-state index contributed by atoms with van der Waals surface area (Å²) >= 11 is 5.90. The van der Waals surface area contributed by atoms with E-state index in [-0.39, 0.29) is 0 Å². The van der Waals surface area contributed by atoms with Gasteiger partial charge < -0.3 is 20.4 Å². The number of hydrogen-bond donors (Lipinski definition) is 3. The highest BCUT2D eigenvalue weighted by Crippen LogP contribution is 2.31. The molecule has 0 radical (unpaired) electrons. The second-order valence-corrected chi connectivity index (χ2v) is 5.27. The number of aromatic nitrogens is 1. The molecule has 1 aromatic rings. The second-order valence-electron chi connectivity index (χ2n) is 4.88. The van der Waals surface area contributed by atoms with E-state index in [1.165, 1.54) is 5.56 Å². The van der Waals surface area contributed by atoms with Crippen molar-refractivity contribution in [2.75, 3.05) is 24.5 Å². The summed E-state index contributed by atoms with van der Waals surface area (Å²) in [5.41, 5.74) is 1.34. The Bertz CT molecular complexity index is 590. The van der Waals surface area contributed by atoms with Crippen molar-refractivity contribution in [3.63, 3.8) is 0 Å². The van der Waals surface area contributed by atoms with Gasteiger partial charge in [-0.1, -0.05) is 17.7 Å². The fraction of sp³-hybridized carbons (Fsp3) is 0.357. The quantitative estimate of drug-likeness (QED) is 0.545. The Morgan fingerprint density at radius 1 is 1.32 bits per heavy atom. The molecule has 0 bridgehead atoms. The van der Waals surface area contributed by atoms with Gasteiger partial charge in [-0.05, 0) is 18.1 Å². The van der Waals surface area contributed by atoms with Gasteiger partial charge in [0.05, 0.1) is 0 Å². The van der Waals surface area contributed by atoms with Gasteiger partial charge in [0.25, 0.3) is 0 Å². The number of piperazine rings is 1. The molecule has 118 valence electrons. The Hall–Kier alpha value is -2.12. The van der Waals surface area contributed by atoms with Crippen LogP contribution in [-0.2, 0) is 16.0 Å². The fourth-order valence-electron chi connectivity index (χ4n) is 2.48. The number of nitrogens with one attached hydrogen (secondary N) is 1. The number of fused-ring (bicyclic) bond motifs is 3.